The van der Waals surface area contributed by atoms with Gasteiger partial charge in [-0.2, -0.15) is 4.33 Å². The van der Waals surface area contributed by atoms with Crippen LogP contribution in [0.5, 0.6) is 5.75 Å². The second-order valence-electron chi connectivity index (χ2n) is 5.19. The number of rotatable bonds is 4. The number of benzene rings is 2. The van der Waals surface area contributed by atoms with Crippen molar-refractivity contribution in [1.82, 2.24) is 14.1 Å². The van der Waals surface area contributed by atoms with Crippen molar-refractivity contribution in [1.29, 1.82) is 0 Å². The van der Waals surface area contributed by atoms with Crippen molar-refractivity contribution < 1.29 is 49.3 Å². The monoisotopic (exact) mass is 341 g/mol. The van der Waals surface area contributed by atoms with Gasteiger partial charge in [0, 0.05) is 4.90 Å². The van der Waals surface area contributed by atoms with Gasteiger partial charge in [-0.25, -0.2) is 0 Å². The molecule has 0 aliphatic heterocycles. The van der Waals surface area contributed by atoms with Crippen molar-refractivity contribution in [2.45, 2.75) is 18.7 Å². The molecule has 0 unspecified atom stereocenters. The number of hydrogen-bond acceptors (Lipinski definition) is 5. The first kappa shape index (κ1) is 16.7. The number of phenolic OH excluding ortho intramolecular Hbond substituents is 1. The Balaban J connectivity index is 0.00000156. The summed E-state index contributed by atoms with van der Waals surface area (Å²) in [7, 11) is 0. The Morgan fingerprint density at radius 2 is 1.83 bits per heavy atom. The first-order valence-electron chi connectivity index (χ1n) is 6.59. The summed E-state index contributed by atoms with van der Waals surface area (Å²) in [5, 5.41) is 23.5. The van der Waals surface area contributed by atoms with E-state index in [1.165, 1.54) is 0 Å². The Labute approximate surface area is 157 Å². The number of fused-ring (bicyclic) bond motifs is 4. The van der Waals surface area contributed by atoms with Gasteiger partial charge in [-0.1, -0.05) is 6.07 Å². The maximum atomic E-state index is 10.3. The van der Waals surface area contributed by atoms with Crippen LogP contribution in [0.15, 0.2) is 35.2 Å². The molecule has 0 radical (unpaired) electrons. The Hall–Kier alpha value is -1.13. The van der Waals surface area contributed by atoms with E-state index >= 15 is 0 Å². The molecule has 2 aromatic carbocycles. The van der Waals surface area contributed by atoms with Crippen LogP contribution in [-0.4, -0.2) is 19.2 Å². The van der Waals surface area contributed by atoms with Crippen molar-refractivity contribution in [3.63, 3.8) is 0 Å². The average molecular weight is 341 g/mol. The van der Waals surface area contributed by atoms with E-state index in [1.54, 1.807) is 0 Å². The van der Waals surface area contributed by atoms with E-state index in [1.807, 2.05) is 58.2 Å². The summed E-state index contributed by atoms with van der Waals surface area (Å²) in [5.41, 5.74) is 4.65. The van der Waals surface area contributed by atoms with Gasteiger partial charge >= 0.3 is 29.6 Å². The van der Waals surface area contributed by atoms with E-state index in [9.17, 15) is 10.4 Å². The molecule has 0 bridgehead atoms. The van der Waals surface area contributed by atoms with Crippen molar-refractivity contribution >= 4 is 23.1 Å². The summed E-state index contributed by atoms with van der Waals surface area (Å²) < 4.78 is 8.19. The van der Waals surface area contributed by atoms with Crippen LogP contribution in [0.3, 0.4) is 0 Å². The maximum absolute atomic E-state index is 10.3. The van der Waals surface area contributed by atoms with Crippen LogP contribution in [0.25, 0.3) is 16.7 Å². The quantitative estimate of drug-likeness (QED) is 0.223. The third-order valence-electron chi connectivity index (χ3n) is 3.68. The Bertz CT molecular complexity index is 974. The standard InChI is InChI=1S/C14H13N3O4S.Na/c1-8-5-9(2)14(18)13(6-8)17-15-11-4-3-10(22-21-20-19)7-12(11)16(15)17;/h3-7,18-19H,1-2H3;/q;+1/p-1. The van der Waals surface area contributed by atoms with E-state index in [0.29, 0.717) is 0 Å². The summed E-state index contributed by atoms with van der Waals surface area (Å²) in [6, 6.07) is 9.51. The Kier molecular flexibility index (Phi) is 4.41. The zero-order valence-corrected chi connectivity index (χ0v) is 15.6. The molecule has 0 amide bonds. The Morgan fingerprint density at radius 3 is 2.57 bits per heavy atom. The maximum Gasteiger partial charge on any atom is 1.00 e. The third kappa shape index (κ3) is 2.56. The van der Waals surface area contributed by atoms with Crippen LogP contribution in [-0.2, 0) is 9.37 Å². The van der Waals surface area contributed by atoms with E-state index in [-0.39, 0.29) is 35.3 Å². The molecule has 0 atom stereocenters. The fourth-order valence-electron chi connectivity index (χ4n) is 2.72. The molecule has 4 aromatic rings. The molecule has 0 fully saturated rings. The molecule has 114 valence electrons. The van der Waals surface area contributed by atoms with Crippen LogP contribution < -0.4 is 34.8 Å². The molecule has 2 aromatic heterocycles. The fourth-order valence-corrected chi connectivity index (χ4v) is 3.11. The van der Waals surface area contributed by atoms with Crippen LogP contribution in [0.2, 0.25) is 0 Å². The van der Waals surface area contributed by atoms with Crippen LogP contribution in [0.4, 0.5) is 0 Å². The van der Waals surface area contributed by atoms with Crippen LogP contribution in [0, 0.1) is 13.8 Å². The second-order valence-corrected chi connectivity index (χ2v) is 5.96. The van der Waals surface area contributed by atoms with E-state index in [0.717, 1.165) is 44.8 Å². The summed E-state index contributed by atoms with van der Waals surface area (Å²) in [6.07, 6.45) is 0. The molecule has 0 spiro atoms. The van der Waals surface area contributed by atoms with E-state index in [4.69, 9.17) is 0 Å². The molecule has 0 aliphatic rings. The first-order valence-corrected chi connectivity index (χ1v) is 7.33. The molecule has 0 aliphatic carbocycles. The van der Waals surface area contributed by atoms with Gasteiger partial charge in [0.15, 0.2) is 0 Å². The van der Waals surface area contributed by atoms with Crippen molar-refractivity contribution in [3.8, 4) is 11.4 Å². The predicted molar refractivity (Wildman–Crippen MR) is 78.0 cm³/mol. The smallest absolute Gasteiger partial charge is 0.691 e. The van der Waals surface area contributed by atoms with Crippen molar-refractivity contribution in [2.75, 3.05) is 0 Å². The number of aryl methyl sites for hydroxylation is 2. The largest absolute Gasteiger partial charge is 1.00 e. The summed E-state index contributed by atoms with van der Waals surface area (Å²) in [5.74, 6) is 0.267. The minimum Gasteiger partial charge on any atom is -0.691 e. The van der Waals surface area contributed by atoms with Crippen molar-refractivity contribution in [2.24, 2.45) is 0 Å². The normalized spacial score (nSPS) is 11.6. The number of hydrogen-bond donors (Lipinski definition) is 1. The summed E-state index contributed by atoms with van der Waals surface area (Å²) >= 11 is 0.855. The van der Waals surface area contributed by atoms with E-state index in [2.05, 4.69) is 9.37 Å². The summed E-state index contributed by atoms with van der Waals surface area (Å²) in [6.45, 7) is 3.87. The molecule has 0 saturated heterocycles. The fraction of sp³-hybridized carbons (Fsp3) is 0.143. The van der Waals surface area contributed by atoms with Gasteiger partial charge in [0.1, 0.15) is 22.5 Å². The van der Waals surface area contributed by atoms with Gasteiger partial charge in [-0.05, 0) is 49.2 Å². The third-order valence-corrected chi connectivity index (χ3v) is 4.25. The molecular weight excluding hydrogens is 329 g/mol. The number of aromatic hydroxyl groups is 1. The van der Waals surface area contributed by atoms with Gasteiger partial charge in [0.2, 0.25) is 0 Å². The molecular formula is C14H12N3NaO4S. The van der Waals surface area contributed by atoms with E-state index < -0.39 is 0 Å². The van der Waals surface area contributed by atoms with Crippen LogP contribution in [0.1, 0.15) is 11.1 Å². The molecule has 4 rings (SSSR count). The van der Waals surface area contributed by atoms with Gasteiger partial charge in [0.05, 0.1) is 12.0 Å². The van der Waals surface area contributed by atoms with Gasteiger partial charge in [-0.3, -0.25) is 5.04 Å². The zero-order valence-electron chi connectivity index (χ0n) is 12.8. The SMILES string of the molecule is Cc1cc(C)c(O)c(-n2n3c4ccc(SOO[O-])cc4n23)c1.[Na+]. The van der Waals surface area contributed by atoms with Crippen molar-refractivity contribution in [3.05, 3.63) is 41.5 Å². The van der Waals surface area contributed by atoms with Gasteiger partial charge in [-0.15, -0.1) is 14.1 Å². The molecule has 0 saturated carbocycles. The van der Waals surface area contributed by atoms with Crippen LogP contribution >= 0.6 is 12.0 Å². The first-order chi connectivity index (χ1) is 10.6. The number of phenols is 1. The van der Waals surface area contributed by atoms with Gasteiger partial charge in [0.25, 0.3) is 0 Å². The van der Waals surface area contributed by atoms with Gasteiger partial charge < -0.3 is 10.4 Å². The Morgan fingerprint density at radius 1 is 1.09 bits per heavy atom. The molecule has 2 heterocycles. The summed E-state index contributed by atoms with van der Waals surface area (Å²) in [4.78, 5) is 2.64. The minimum atomic E-state index is 0. The molecule has 7 nitrogen and oxygen atoms in total. The predicted octanol–water partition coefficient (Wildman–Crippen LogP) is -1.02. The molecule has 9 heteroatoms. The topological polar surface area (TPSA) is 75.5 Å². The second kappa shape index (κ2) is 6.06. The number of nitrogens with zero attached hydrogens (tertiary/aromatic N) is 3. The zero-order chi connectivity index (χ0) is 15.4. The molecule has 1 N–H and O–H groups in total. The minimum absolute atomic E-state index is 0. The number of aromatic nitrogens is 3. The molecule has 23 heavy (non-hydrogen) atoms. The average Bonchev–Trinajstić information content (AvgIpc) is 3.15.